The number of hydrogen-bond donors (Lipinski definition) is 2. The lowest BCUT2D eigenvalue weighted by molar-refractivity contribution is -0.142. The highest BCUT2D eigenvalue weighted by atomic mass is 16.4. The van der Waals surface area contributed by atoms with E-state index in [2.05, 4.69) is 19.2 Å². The number of hydrogen-bond acceptors (Lipinski definition) is 2. The van der Waals surface area contributed by atoms with Crippen molar-refractivity contribution in [2.24, 2.45) is 10.8 Å². The third-order valence-electron chi connectivity index (χ3n) is 4.99. The summed E-state index contributed by atoms with van der Waals surface area (Å²) in [6.45, 7) is 11.3. The van der Waals surface area contributed by atoms with E-state index < -0.39 is 17.4 Å². The van der Waals surface area contributed by atoms with Gasteiger partial charge in [0.2, 0.25) is 0 Å². The zero-order chi connectivity index (χ0) is 16.3. The van der Waals surface area contributed by atoms with Crippen LogP contribution < -0.4 is 5.32 Å². The minimum absolute atomic E-state index is 0.252. The highest BCUT2D eigenvalue weighted by molar-refractivity contribution is 5.83. The fraction of sp³-hybridized carbons (Fsp3) is 0.875. The minimum atomic E-state index is -0.982. The van der Waals surface area contributed by atoms with Crippen LogP contribution in [-0.2, 0) is 4.79 Å². The first-order valence-electron chi connectivity index (χ1n) is 7.93. The molecule has 21 heavy (non-hydrogen) atoms. The lowest BCUT2D eigenvalue weighted by atomic mass is 9.74. The summed E-state index contributed by atoms with van der Waals surface area (Å²) < 4.78 is 0. The molecule has 1 saturated heterocycles. The van der Waals surface area contributed by atoms with E-state index in [4.69, 9.17) is 0 Å². The highest BCUT2D eigenvalue weighted by Gasteiger charge is 2.36. The Morgan fingerprint density at radius 2 is 1.67 bits per heavy atom. The van der Waals surface area contributed by atoms with E-state index >= 15 is 0 Å². The number of piperidine rings is 1. The third-order valence-corrected chi connectivity index (χ3v) is 4.99. The molecule has 5 heteroatoms. The lowest BCUT2D eigenvalue weighted by Gasteiger charge is -2.41. The topological polar surface area (TPSA) is 69.6 Å². The largest absolute Gasteiger partial charge is 0.480 e. The number of carboxylic acid groups (broad SMARTS) is 1. The van der Waals surface area contributed by atoms with Gasteiger partial charge in [0.05, 0.1) is 0 Å². The van der Waals surface area contributed by atoms with E-state index in [0.717, 1.165) is 25.7 Å². The molecule has 1 fully saturated rings. The van der Waals surface area contributed by atoms with Crippen molar-refractivity contribution in [3.63, 3.8) is 0 Å². The molecular weight excluding hydrogens is 268 g/mol. The van der Waals surface area contributed by atoms with E-state index in [1.54, 1.807) is 4.90 Å². The van der Waals surface area contributed by atoms with Crippen molar-refractivity contribution in [3.05, 3.63) is 0 Å². The second-order valence-electron chi connectivity index (χ2n) is 7.28. The Hall–Kier alpha value is -1.26. The van der Waals surface area contributed by atoms with E-state index in [9.17, 15) is 14.7 Å². The number of carbonyl (C=O) groups is 2. The van der Waals surface area contributed by atoms with Crippen LogP contribution in [-0.4, -0.2) is 41.1 Å². The Morgan fingerprint density at radius 3 is 2.00 bits per heavy atom. The third kappa shape index (κ3) is 4.35. The molecule has 1 heterocycles. The number of rotatable bonds is 4. The number of carboxylic acids is 1. The van der Waals surface area contributed by atoms with E-state index in [0.29, 0.717) is 18.5 Å². The molecule has 5 nitrogen and oxygen atoms in total. The van der Waals surface area contributed by atoms with Crippen LogP contribution in [0.4, 0.5) is 4.79 Å². The van der Waals surface area contributed by atoms with Gasteiger partial charge in [-0.05, 0) is 23.7 Å². The van der Waals surface area contributed by atoms with Crippen LogP contribution in [0.2, 0.25) is 0 Å². The number of nitrogens with one attached hydrogen (secondary N) is 1. The first-order valence-corrected chi connectivity index (χ1v) is 7.93. The maximum atomic E-state index is 12.3. The average molecular weight is 298 g/mol. The molecule has 2 amide bonds. The van der Waals surface area contributed by atoms with Crippen LogP contribution in [0, 0.1) is 10.8 Å². The van der Waals surface area contributed by atoms with Gasteiger partial charge in [-0.15, -0.1) is 0 Å². The van der Waals surface area contributed by atoms with Crippen LogP contribution in [0.1, 0.15) is 60.3 Å². The highest BCUT2D eigenvalue weighted by Crippen LogP contribution is 2.37. The monoisotopic (exact) mass is 298 g/mol. The van der Waals surface area contributed by atoms with Crippen molar-refractivity contribution in [2.45, 2.75) is 66.3 Å². The Balaban J connectivity index is 2.64. The number of likely N-dealkylation sites (tertiary alicyclic amines) is 1. The summed E-state index contributed by atoms with van der Waals surface area (Å²) in [5, 5.41) is 12.0. The smallest absolute Gasteiger partial charge is 0.326 e. The standard InChI is InChI=1S/C16H30N2O3/c1-6-16(7-2)8-10-18(11-9-16)14(21)17-12(13(19)20)15(3,4)5/h12H,6-11H2,1-5H3,(H,17,21)(H,19,20)/t12-/m1/s1. The van der Waals surface area contributed by atoms with Gasteiger partial charge in [-0.1, -0.05) is 47.5 Å². The molecular formula is C16H30N2O3. The maximum Gasteiger partial charge on any atom is 0.326 e. The molecule has 0 saturated carbocycles. The summed E-state index contributed by atoms with van der Waals surface area (Å²) in [5.74, 6) is -0.982. The number of nitrogens with zero attached hydrogens (tertiary/aromatic N) is 1. The van der Waals surface area contributed by atoms with Gasteiger partial charge < -0.3 is 15.3 Å². The number of amides is 2. The summed E-state index contributed by atoms with van der Waals surface area (Å²) in [6, 6.07) is -1.12. The summed E-state index contributed by atoms with van der Waals surface area (Å²) >= 11 is 0. The fourth-order valence-corrected chi connectivity index (χ4v) is 3.00. The molecule has 1 atom stereocenters. The van der Waals surface area contributed by atoms with Gasteiger partial charge in [0.25, 0.3) is 0 Å². The zero-order valence-electron chi connectivity index (χ0n) is 14.0. The SMILES string of the molecule is CCC1(CC)CCN(C(=O)N[C@H](C(=O)O)C(C)(C)C)CC1. The molecule has 122 valence electrons. The molecule has 2 N–H and O–H groups in total. The Labute approximate surface area is 128 Å². The summed E-state index contributed by atoms with van der Waals surface area (Å²) in [4.78, 5) is 25.4. The van der Waals surface area contributed by atoms with Crippen molar-refractivity contribution in [3.8, 4) is 0 Å². The Kier molecular flexibility index (Phi) is 5.65. The second kappa shape index (κ2) is 6.67. The molecule has 0 aliphatic carbocycles. The second-order valence-corrected chi connectivity index (χ2v) is 7.28. The fourth-order valence-electron chi connectivity index (χ4n) is 3.00. The number of urea groups is 1. The molecule has 0 unspecified atom stereocenters. The van der Waals surface area contributed by atoms with Crippen molar-refractivity contribution < 1.29 is 14.7 Å². The first-order chi connectivity index (χ1) is 9.65. The normalized spacial score (nSPS) is 20.0. The molecule has 0 aromatic carbocycles. The van der Waals surface area contributed by atoms with Gasteiger partial charge in [-0.3, -0.25) is 0 Å². The Morgan fingerprint density at radius 1 is 1.19 bits per heavy atom. The summed E-state index contributed by atoms with van der Waals surface area (Å²) in [5.41, 5.74) is -0.152. The van der Waals surface area contributed by atoms with Gasteiger partial charge in [-0.25, -0.2) is 9.59 Å². The van der Waals surface area contributed by atoms with Gasteiger partial charge in [0.1, 0.15) is 6.04 Å². The molecule has 0 aromatic heterocycles. The summed E-state index contributed by atoms with van der Waals surface area (Å²) in [6.07, 6.45) is 4.28. The van der Waals surface area contributed by atoms with Crippen LogP contribution >= 0.6 is 0 Å². The summed E-state index contributed by atoms with van der Waals surface area (Å²) in [7, 11) is 0. The van der Waals surface area contributed by atoms with Crippen molar-refractivity contribution in [2.75, 3.05) is 13.1 Å². The van der Waals surface area contributed by atoms with E-state index in [1.165, 1.54) is 0 Å². The average Bonchev–Trinajstić information content (AvgIpc) is 2.43. The zero-order valence-corrected chi connectivity index (χ0v) is 14.0. The van der Waals surface area contributed by atoms with E-state index in [-0.39, 0.29) is 6.03 Å². The van der Waals surface area contributed by atoms with Crippen LogP contribution in [0.25, 0.3) is 0 Å². The van der Waals surface area contributed by atoms with Gasteiger partial charge in [0, 0.05) is 13.1 Å². The maximum absolute atomic E-state index is 12.3. The molecule has 1 aliphatic heterocycles. The predicted octanol–water partition coefficient (Wildman–Crippen LogP) is 3.10. The predicted molar refractivity (Wildman–Crippen MR) is 83.2 cm³/mol. The number of aliphatic carboxylic acids is 1. The van der Waals surface area contributed by atoms with E-state index in [1.807, 2.05) is 20.8 Å². The molecule has 1 aliphatic rings. The van der Waals surface area contributed by atoms with Crippen LogP contribution in [0.15, 0.2) is 0 Å². The van der Waals surface area contributed by atoms with Crippen molar-refractivity contribution >= 4 is 12.0 Å². The van der Waals surface area contributed by atoms with Crippen molar-refractivity contribution in [1.82, 2.24) is 10.2 Å². The van der Waals surface area contributed by atoms with Gasteiger partial charge >= 0.3 is 12.0 Å². The first kappa shape index (κ1) is 17.8. The molecule has 0 radical (unpaired) electrons. The van der Waals surface area contributed by atoms with Gasteiger partial charge in [-0.2, -0.15) is 0 Å². The van der Waals surface area contributed by atoms with Gasteiger partial charge in [0.15, 0.2) is 0 Å². The van der Waals surface area contributed by atoms with Crippen molar-refractivity contribution in [1.29, 1.82) is 0 Å². The van der Waals surface area contributed by atoms with Crippen LogP contribution in [0.5, 0.6) is 0 Å². The molecule has 0 bridgehead atoms. The minimum Gasteiger partial charge on any atom is -0.480 e. The molecule has 0 spiro atoms. The molecule has 0 aromatic rings. The lowest BCUT2D eigenvalue weighted by Crippen LogP contribution is -2.55. The Bertz CT molecular complexity index is 373. The van der Waals surface area contributed by atoms with Crippen LogP contribution in [0.3, 0.4) is 0 Å². The quantitative estimate of drug-likeness (QED) is 0.838. The molecule has 1 rings (SSSR count). The number of carbonyl (C=O) groups excluding carboxylic acids is 1.